The molecular formula is C67H106N14O14S. The number of rotatable bonds is 40. The van der Waals surface area contributed by atoms with Gasteiger partial charge in [0.1, 0.15) is 47.4 Å². The lowest BCUT2D eigenvalue weighted by Gasteiger charge is -2.41. The zero-order chi connectivity index (χ0) is 71.4. The zero-order valence-corrected chi connectivity index (χ0v) is 58.6. The summed E-state index contributed by atoms with van der Waals surface area (Å²) in [4.78, 5) is 144. The molecule has 11 amide bonds. The van der Waals surface area contributed by atoms with Crippen LogP contribution < -0.4 is 59.7 Å². The number of anilines is 1. The molecule has 1 aliphatic rings. The minimum atomic E-state index is -1.60. The molecule has 3 aromatic rings. The van der Waals surface area contributed by atoms with Crippen LogP contribution in [0.1, 0.15) is 142 Å². The molecule has 15 N–H and O–H groups in total. The van der Waals surface area contributed by atoms with Crippen LogP contribution in [0.2, 0.25) is 0 Å². The van der Waals surface area contributed by atoms with E-state index in [-0.39, 0.29) is 62.6 Å². The molecule has 0 spiro atoms. The summed E-state index contributed by atoms with van der Waals surface area (Å²) < 4.78 is 17.7. The molecule has 534 valence electrons. The Balaban J connectivity index is 1.39. The van der Waals surface area contributed by atoms with Crippen molar-refractivity contribution >= 4 is 76.4 Å². The lowest BCUT2D eigenvalue weighted by molar-refractivity contribution is -0.148. The molecule has 2 heterocycles. The van der Waals surface area contributed by atoms with E-state index in [1.165, 1.54) is 49.3 Å². The molecule has 0 unspecified atom stereocenters. The van der Waals surface area contributed by atoms with Crippen LogP contribution in [-0.4, -0.2) is 187 Å². The second-order valence-electron chi connectivity index (χ2n) is 25.8. The average Bonchev–Trinajstić information content (AvgIpc) is 1.21. The van der Waals surface area contributed by atoms with Gasteiger partial charge in [0.2, 0.25) is 47.3 Å². The fraction of sp³-hybridized carbons (Fsp3) is 0.627. The van der Waals surface area contributed by atoms with Gasteiger partial charge in [-0.3, -0.25) is 38.4 Å². The number of aromatic nitrogens is 1. The Bertz CT molecular complexity index is 2980. The van der Waals surface area contributed by atoms with Crippen molar-refractivity contribution in [2.75, 3.05) is 52.8 Å². The maximum atomic E-state index is 14.7. The van der Waals surface area contributed by atoms with Crippen molar-refractivity contribution < 1.29 is 67.3 Å². The molecule has 2 aromatic carbocycles. The number of hydrogen-bond donors (Lipinski definition) is 12. The number of ether oxygens (including phenoxy) is 3. The fourth-order valence-corrected chi connectivity index (χ4v) is 12.2. The van der Waals surface area contributed by atoms with E-state index in [9.17, 15) is 53.1 Å². The van der Waals surface area contributed by atoms with E-state index >= 15 is 0 Å². The largest absolute Gasteiger partial charge is 0.445 e. The Morgan fingerprint density at radius 3 is 2.01 bits per heavy atom. The van der Waals surface area contributed by atoms with Gasteiger partial charge in [0.25, 0.3) is 0 Å². The first kappa shape index (κ1) is 80.6. The maximum Gasteiger partial charge on any atom is 0.408 e. The number of nitrogens with zero attached hydrogens (tertiary/aromatic N) is 3. The number of urea groups is 1. The van der Waals surface area contributed by atoms with Gasteiger partial charge in [-0.25, -0.2) is 14.6 Å². The number of amides is 11. The van der Waals surface area contributed by atoms with Crippen molar-refractivity contribution in [3.8, 4) is 0 Å². The van der Waals surface area contributed by atoms with E-state index < -0.39 is 132 Å². The van der Waals surface area contributed by atoms with Gasteiger partial charge in [-0.2, -0.15) is 0 Å². The van der Waals surface area contributed by atoms with Crippen LogP contribution in [0.25, 0.3) is 0 Å². The summed E-state index contributed by atoms with van der Waals surface area (Å²) in [7, 11) is 4.68. The second kappa shape index (κ2) is 40.0. The van der Waals surface area contributed by atoms with Crippen LogP contribution in [0.4, 0.5) is 15.3 Å². The Hall–Kier alpha value is -7.83. The molecule has 4 rings (SSSR count). The molecule has 96 heavy (non-hydrogen) atoms. The van der Waals surface area contributed by atoms with Crippen LogP contribution in [-0.2, 0) is 65.6 Å². The number of unbranched alkanes of at least 4 members (excludes halogenated alkanes) is 1. The summed E-state index contributed by atoms with van der Waals surface area (Å²) in [5, 5.41) is 33.8. The lowest BCUT2D eigenvalue weighted by atomic mass is 9.89. The quantitative estimate of drug-likeness (QED) is 0.0364. The Morgan fingerprint density at radius 1 is 0.781 bits per heavy atom. The summed E-state index contributed by atoms with van der Waals surface area (Å²) in [5.74, 6) is -6.13. The molecule has 1 fully saturated rings. The number of primary amides is 1. The van der Waals surface area contributed by atoms with Crippen molar-refractivity contribution in [1.29, 1.82) is 0 Å². The number of nitrogens with one attached hydrogen (secondary N) is 8. The van der Waals surface area contributed by atoms with Gasteiger partial charge in [-0.1, -0.05) is 97.4 Å². The molecule has 0 saturated carbocycles. The number of alkyl carbamates (subject to hydrolysis) is 1. The molecular weight excluding hydrogens is 1260 g/mol. The molecule has 29 heteroatoms. The minimum Gasteiger partial charge on any atom is -0.445 e. The maximum absolute atomic E-state index is 14.7. The van der Waals surface area contributed by atoms with E-state index in [0.717, 1.165) is 10.6 Å². The smallest absolute Gasteiger partial charge is 0.408 e. The number of aliphatic hydroxyl groups is 1. The van der Waals surface area contributed by atoms with Crippen LogP contribution in [0.3, 0.4) is 0 Å². The summed E-state index contributed by atoms with van der Waals surface area (Å²) in [6.45, 7) is 15.5. The van der Waals surface area contributed by atoms with Crippen molar-refractivity contribution in [2.45, 2.75) is 199 Å². The number of benzene rings is 2. The third kappa shape index (κ3) is 24.7. The summed E-state index contributed by atoms with van der Waals surface area (Å²) in [6.07, 6.45) is 3.13. The Kier molecular flexibility index (Phi) is 33.6. The highest BCUT2D eigenvalue weighted by molar-refractivity contribution is 7.09. The molecule has 0 aliphatic carbocycles. The third-order valence-electron chi connectivity index (χ3n) is 17.4. The number of carbonyl (C=O) groups excluding carboxylic acids is 10. The van der Waals surface area contributed by atoms with E-state index in [1.807, 2.05) is 56.5 Å². The minimum absolute atomic E-state index is 0.0283. The van der Waals surface area contributed by atoms with Gasteiger partial charge >= 0.3 is 12.1 Å². The number of thiazole rings is 1. The number of likely N-dealkylation sites (tertiary alicyclic amines) is 1. The zero-order valence-electron chi connectivity index (χ0n) is 57.8. The highest BCUT2D eigenvalue weighted by Gasteiger charge is 2.44. The SMILES string of the molecule is CC[C@H](C)[C@@H]([C@@H](CC(=O)N1CCC[C@H]1[C@H](OC)[C@@H](C)C(=O)N[C@@H](Cc1ccccc1)c1nccs1)OC)N(C)C(=O)[C@@H](NC(=O)C(C)(C)NC(=O)OCc1ccc(NC(=O)[C@H](CCCNC(N)=O)NC(=O)[C@@H](NC(=O)[C@H](CCCCN)NC(=O)[C@@H](N)CO)C(C)C)cc1)C(C)C. The van der Waals surface area contributed by atoms with E-state index in [1.54, 1.807) is 65.1 Å². The molecule has 1 saturated heterocycles. The van der Waals surface area contributed by atoms with Gasteiger partial charge in [0, 0.05) is 51.6 Å². The van der Waals surface area contributed by atoms with E-state index in [4.69, 9.17) is 31.4 Å². The number of nitrogens with two attached hydrogens (primary N) is 3. The molecule has 0 bridgehead atoms. The van der Waals surface area contributed by atoms with Crippen molar-refractivity contribution in [3.05, 3.63) is 82.3 Å². The molecule has 0 radical (unpaired) electrons. The van der Waals surface area contributed by atoms with Crippen molar-refractivity contribution in [1.82, 2.24) is 52.0 Å². The second-order valence-corrected chi connectivity index (χ2v) is 26.7. The first-order valence-electron chi connectivity index (χ1n) is 33.0. The molecule has 28 nitrogen and oxygen atoms in total. The topological polar surface area (TPSA) is 412 Å². The average molecular weight is 1360 g/mol. The highest BCUT2D eigenvalue weighted by atomic mass is 32.1. The van der Waals surface area contributed by atoms with Gasteiger partial charge < -0.3 is 88.9 Å². The summed E-state index contributed by atoms with van der Waals surface area (Å²) >= 11 is 1.46. The Morgan fingerprint density at radius 2 is 1.43 bits per heavy atom. The monoisotopic (exact) mass is 1360 g/mol. The number of likely N-dealkylation sites (N-methyl/N-ethyl adjacent to an activating group) is 1. The Labute approximate surface area is 568 Å². The van der Waals surface area contributed by atoms with E-state index in [2.05, 4.69) is 47.5 Å². The predicted molar refractivity (Wildman–Crippen MR) is 364 cm³/mol. The third-order valence-corrected chi connectivity index (χ3v) is 18.3. The van der Waals surface area contributed by atoms with E-state index in [0.29, 0.717) is 62.9 Å². The fourth-order valence-electron chi connectivity index (χ4n) is 11.5. The number of carbonyl (C=O) groups is 10. The predicted octanol–water partition coefficient (Wildman–Crippen LogP) is 3.26. The molecule has 1 aromatic heterocycles. The van der Waals surface area contributed by atoms with Gasteiger partial charge in [-0.05, 0) is 113 Å². The van der Waals surface area contributed by atoms with Crippen molar-refractivity contribution in [3.63, 3.8) is 0 Å². The number of aliphatic hydroxyl groups excluding tert-OH is 1. The first-order chi connectivity index (χ1) is 45.5. The lowest BCUT2D eigenvalue weighted by Crippen LogP contribution is -2.62. The first-order valence-corrected chi connectivity index (χ1v) is 33.9. The van der Waals surface area contributed by atoms with Crippen molar-refractivity contribution in [2.24, 2.45) is 40.9 Å². The van der Waals surface area contributed by atoms with Gasteiger partial charge in [0.15, 0.2) is 0 Å². The molecule has 12 atom stereocenters. The molecule has 1 aliphatic heterocycles. The summed E-state index contributed by atoms with van der Waals surface area (Å²) in [6, 6.07) is 8.04. The summed E-state index contributed by atoms with van der Waals surface area (Å²) in [5.41, 5.74) is 16.8. The van der Waals surface area contributed by atoms with Crippen LogP contribution in [0, 0.1) is 23.7 Å². The number of hydrogen-bond acceptors (Lipinski definition) is 18. The normalized spacial score (nSPS) is 16.6. The highest BCUT2D eigenvalue weighted by Crippen LogP contribution is 2.31. The number of methoxy groups -OCH3 is 2. The van der Waals surface area contributed by atoms with Crippen LogP contribution in [0.15, 0.2) is 66.2 Å². The van der Waals surface area contributed by atoms with Crippen LogP contribution in [0.5, 0.6) is 0 Å². The van der Waals surface area contributed by atoms with Gasteiger partial charge in [-0.15, -0.1) is 11.3 Å². The van der Waals surface area contributed by atoms with Crippen LogP contribution >= 0.6 is 11.3 Å². The standard InChI is InChI=1S/C67H106N14O14S/c1-13-41(6)55(51(93-11)36-52(83)81-33-20-25-50(81)56(94-12)42(7)57(84)76-49(62-71-32-34-96-62)35-43-21-15-14-16-22-43)80(10)63(89)54(40(4)5)78-64(90)67(8,9)79-66(92)95-38-44-26-28-45(29-27-44)73-59(86)48(24-19-31-72-65(70)91)75-61(88)53(39(2)3)77-60(87)47(23-17-18-30-68)74-58(85)46(69)37-82/h14-16,21-22,26-29,32,34,39-42,46-51,53-56,82H,13,17-20,23-25,30-31,33,35-38,68-69H2,1-12H3,(H,73,86)(H,74,85)(H,75,88)(H,76,84)(H,77,87)(H,78,90)(H,79,92)(H3,70,72,91)/t41-,42+,46-,47-,48-,49-,50-,51+,53-,54-,55-,56+/m0/s1. The van der Waals surface area contributed by atoms with Gasteiger partial charge in [0.05, 0.1) is 49.3 Å².